The minimum atomic E-state index is -0.264. The van der Waals surface area contributed by atoms with Crippen LogP contribution >= 0.6 is 11.6 Å². The molecule has 1 aromatic heterocycles. The average Bonchev–Trinajstić information content (AvgIpc) is 2.82. The molecule has 17 heavy (non-hydrogen) atoms. The molecule has 2 aromatic rings. The van der Waals surface area contributed by atoms with Gasteiger partial charge in [0.15, 0.2) is 0 Å². The lowest BCUT2D eigenvalue weighted by Gasteiger charge is -2.06. The van der Waals surface area contributed by atoms with Crippen LogP contribution in [0.3, 0.4) is 0 Å². The molecular formula is C11H11ClN4O. The molecule has 1 heterocycles. The van der Waals surface area contributed by atoms with Gasteiger partial charge >= 0.3 is 0 Å². The molecule has 0 atom stereocenters. The summed E-state index contributed by atoms with van der Waals surface area (Å²) in [6.45, 7) is 0.366. The quantitative estimate of drug-likeness (QED) is 0.723. The molecule has 2 rings (SSSR count). The van der Waals surface area contributed by atoms with Gasteiger partial charge in [-0.2, -0.15) is 0 Å². The van der Waals surface area contributed by atoms with E-state index in [2.05, 4.69) is 15.3 Å². The summed E-state index contributed by atoms with van der Waals surface area (Å²) in [7, 11) is 0. The number of carbonyl (C=O) groups is 1. The van der Waals surface area contributed by atoms with Crippen LogP contribution in [0.4, 0.5) is 5.69 Å². The van der Waals surface area contributed by atoms with Crippen molar-refractivity contribution in [1.29, 1.82) is 0 Å². The third-order valence-electron chi connectivity index (χ3n) is 2.25. The molecular weight excluding hydrogens is 240 g/mol. The van der Waals surface area contributed by atoms with Gasteiger partial charge in [-0.05, 0) is 18.2 Å². The van der Waals surface area contributed by atoms with E-state index in [0.717, 1.165) is 5.69 Å². The van der Waals surface area contributed by atoms with E-state index in [1.807, 2.05) is 0 Å². The minimum absolute atomic E-state index is 0.264. The largest absolute Gasteiger partial charge is 0.398 e. The number of aromatic amines is 1. The lowest BCUT2D eigenvalue weighted by molar-refractivity contribution is 0.0951. The zero-order valence-electron chi connectivity index (χ0n) is 8.90. The summed E-state index contributed by atoms with van der Waals surface area (Å²) in [5, 5.41) is 3.20. The molecule has 0 saturated heterocycles. The number of amides is 1. The van der Waals surface area contributed by atoms with Crippen LogP contribution in [0.2, 0.25) is 5.02 Å². The average molecular weight is 251 g/mol. The number of hydrogen-bond acceptors (Lipinski definition) is 3. The molecule has 0 radical (unpaired) electrons. The van der Waals surface area contributed by atoms with Gasteiger partial charge in [0.25, 0.3) is 5.91 Å². The second-order valence-corrected chi connectivity index (χ2v) is 3.93. The second-order valence-electron chi connectivity index (χ2n) is 3.49. The molecule has 5 nitrogen and oxygen atoms in total. The molecule has 0 spiro atoms. The molecule has 88 valence electrons. The van der Waals surface area contributed by atoms with E-state index in [0.29, 0.717) is 22.8 Å². The van der Waals surface area contributed by atoms with Gasteiger partial charge in [0.1, 0.15) is 0 Å². The van der Waals surface area contributed by atoms with Crippen molar-refractivity contribution in [1.82, 2.24) is 15.3 Å². The van der Waals surface area contributed by atoms with Crippen molar-refractivity contribution in [2.24, 2.45) is 0 Å². The predicted molar refractivity (Wildman–Crippen MR) is 65.6 cm³/mol. The number of nitrogens with one attached hydrogen (secondary N) is 2. The Kier molecular flexibility index (Phi) is 3.30. The number of hydrogen-bond donors (Lipinski definition) is 3. The summed E-state index contributed by atoms with van der Waals surface area (Å²) in [5.41, 5.74) is 7.29. The number of nitrogens with two attached hydrogens (primary N) is 1. The third kappa shape index (κ3) is 2.76. The van der Waals surface area contributed by atoms with Gasteiger partial charge < -0.3 is 16.0 Å². The highest BCUT2D eigenvalue weighted by Gasteiger charge is 2.10. The van der Waals surface area contributed by atoms with Crippen LogP contribution in [0.25, 0.3) is 0 Å². The third-order valence-corrected chi connectivity index (χ3v) is 2.49. The van der Waals surface area contributed by atoms with Gasteiger partial charge in [0.05, 0.1) is 24.1 Å². The maximum absolute atomic E-state index is 11.8. The van der Waals surface area contributed by atoms with Gasteiger partial charge in [0.2, 0.25) is 0 Å². The molecule has 0 aliphatic carbocycles. The fraction of sp³-hybridized carbons (Fsp3) is 0.0909. The first-order valence-corrected chi connectivity index (χ1v) is 5.35. The number of nitrogen functional groups attached to an aromatic ring is 1. The summed E-state index contributed by atoms with van der Waals surface area (Å²) >= 11 is 5.81. The van der Waals surface area contributed by atoms with E-state index in [9.17, 15) is 4.79 Å². The number of H-pyrrole nitrogens is 1. The van der Waals surface area contributed by atoms with Gasteiger partial charge in [0, 0.05) is 16.9 Å². The van der Waals surface area contributed by atoms with Crippen LogP contribution in [-0.4, -0.2) is 15.9 Å². The highest BCUT2D eigenvalue weighted by Crippen LogP contribution is 2.17. The Morgan fingerprint density at radius 2 is 2.35 bits per heavy atom. The smallest absolute Gasteiger partial charge is 0.253 e. The Morgan fingerprint density at radius 1 is 1.53 bits per heavy atom. The van der Waals surface area contributed by atoms with Crippen molar-refractivity contribution in [2.45, 2.75) is 6.54 Å². The zero-order valence-corrected chi connectivity index (χ0v) is 9.66. The Hall–Kier alpha value is -2.01. The maximum atomic E-state index is 11.8. The standard InChI is InChI=1S/C11H11ClN4O/c12-7-1-2-10(13)9(3-7)11(17)15-5-8-4-14-6-16-8/h1-4,6H,5,13H2,(H,14,16)(H,15,17). The van der Waals surface area contributed by atoms with Crippen molar-refractivity contribution < 1.29 is 4.79 Å². The van der Waals surface area contributed by atoms with Gasteiger partial charge in [-0.1, -0.05) is 11.6 Å². The zero-order chi connectivity index (χ0) is 12.3. The first-order chi connectivity index (χ1) is 8.16. The molecule has 0 saturated carbocycles. The highest BCUT2D eigenvalue weighted by molar-refractivity contribution is 6.31. The molecule has 0 fully saturated rings. The van der Waals surface area contributed by atoms with E-state index in [1.54, 1.807) is 30.7 Å². The Bertz CT molecular complexity index is 524. The van der Waals surface area contributed by atoms with Crippen molar-refractivity contribution >= 4 is 23.2 Å². The molecule has 0 aliphatic heterocycles. The molecule has 0 bridgehead atoms. The number of imidazole rings is 1. The number of carbonyl (C=O) groups excluding carboxylic acids is 1. The van der Waals surface area contributed by atoms with Crippen LogP contribution in [0.1, 0.15) is 16.1 Å². The van der Waals surface area contributed by atoms with E-state index in [1.165, 1.54) is 0 Å². The summed E-state index contributed by atoms with van der Waals surface area (Å²) in [6.07, 6.45) is 3.19. The molecule has 1 aromatic carbocycles. The minimum Gasteiger partial charge on any atom is -0.398 e. The van der Waals surface area contributed by atoms with E-state index < -0.39 is 0 Å². The predicted octanol–water partition coefficient (Wildman–Crippen LogP) is 1.58. The van der Waals surface area contributed by atoms with Crippen molar-refractivity contribution in [3.8, 4) is 0 Å². The Labute approximate surface area is 103 Å². The fourth-order valence-electron chi connectivity index (χ4n) is 1.38. The van der Waals surface area contributed by atoms with Crippen LogP contribution in [0.15, 0.2) is 30.7 Å². The topological polar surface area (TPSA) is 83.8 Å². The first-order valence-electron chi connectivity index (χ1n) is 4.97. The molecule has 0 unspecified atom stereocenters. The van der Waals surface area contributed by atoms with E-state index >= 15 is 0 Å². The number of nitrogens with zero attached hydrogens (tertiary/aromatic N) is 1. The van der Waals surface area contributed by atoms with Crippen LogP contribution in [0.5, 0.6) is 0 Å². The summed E-state index contributed by atoms with van der Waals surface area (Å²) in [5.74, 6) is -0.264. The van der Waals surface area contributed by atoms with Gasteiger partial charge in [-0.3, -0.25) is 4.79 Å². The summed E-state index contributed by atoms with van der Waals surface area (Å²) in [6, 6.07) is 4.79. The van der Waals surface area contributed by atoms with Crippen molar-refractivity contribution in [3.63, 3.8) is 0 Å². The number of benzene rings is 1. The van der Waals surface area contributed by atoms with E-state index in [4.69, 9.17) is 17.3 Å². The summed E-state index contributed by atoms with van der Waals surface area (Å²) < 4.78 is 0. The van der Waals surface area contributed by atoms with Crippen molar-refractivity contribution in [3.05, 3.63) is 47.0 Å². The van der Waals surface area contributed by atoms with Crippen LogP contribution in [0, 0.1) is 0 Å². The van der Waals surface area contributed by atoms with Crippen LogP contribution in [-0.2, 0) is 6.54 Å². The summed E-state index contributed by atoms with van der Waals surface area (Å²) in [4.78, 5) is 18.6. The van der Waals surface area contributed by atoms with Gasteiger partial charge in [-0.25, -0.2) is 4.98 Å². The lowest BCUT2D eigenvalue weighted by atomic mass is 10.1. The second kappa shape index (κ2) is 4.88. The first kappa shape index (κ1) is 11.5. The van der Waals surface area contributed by atoms with E-state index in [-0.39, 0.29) is 5.91 Å². The fourth-order valence-corrected chi connectivity index (χ4v) is 1.55. The number of aromatic nitrogens is 2. The lowest BCUT2D eigenvalue weighted by Crippen LogP contribution is -2.23. The highest BCUT2D eigenvalue weighted by atomic mass is 35.5. The number of halogens is 1. The van der Waals surface area contributed by atoms with Crippen molar-refractivity contribution in [2.75, 3.05) is 5.73 Å². The molecule has 6 heteroatoms. The monoisotopic (exact) mass is 250 g/mol. The van der Waals surface area contributed by atoms with Crippen LogP contribution < -0.4 is 11.1 Å². The van der Waals surface area contributed by atoms with Gasteiger partial charge in [-0.15, -0.1) is 0 Å². The Morgan fingerprint density at radius 3 is 3.06 bits per heavy atom. The SMILES string of the molecule is Nc1ccc(Cl)cc1C(=O)NCc1cnc[nH]1. The number of anilines is 1. The molecule has 0 aliphatic rings. The molecule has 1 amide bonds. The number of rotatable bonds is 3. The normalized spacial score (nSPS) is 10.2. The Balaban J connectivity index is 2.07. The maximum Gasteiger partial charge on any atom is 0.253 e. The molecule has 4 N–H and O–H groups in total.